The van der Waals surface area contributed by atoms with E-state index in [0.717, 1.165) is 5.56 Å². The van der Waals surface area contributed by atoms with Crippen molar-refractivity contribution >= 4 is 23.3 Å². The largest absolute Gasteiger partial charge is 0.465 e. The van der Waals surface area contributed by atoms with Crippen LogP contribution < -0.4 is 0 Å². The van der Waals surface area contributed by atoms with Crippen LogP contribution >= 0.6 is 11.6 Å². The number of aryl methyl sites for hydroxylation is 2. The van der Waals surface area contributed by atoms with Crippen LogP contribution in [-0.2, 0) is 17.6 Å². The van der Waals surface area contributed by atoms with E-state index in [1.807, 2.05) is 12.1 Å². The van der Waals surface area contributed by atoms with Crippen molar-refractivity contribution in [3.05, 3.63) is 68.5 Å². The van der Waals surface area contributed by atoms with E-state index in [0.29, 0.717) is 24.1 Å². The second-order valence-electron chi connectivity index (χ2n) is 4.56. The zero-order chi connectivity index (χ0) is 16.1. The summed E-state index contributed by atoms with van der Waals surface area (Å²) in [7, 11) is 1.33. The lowest BCUT2D eigenvalue weighted by Crippen LogP contribution is -2.01. The van der Waals surface area contributed by atoms with Crippen molar-refractivity contribution in [1.29, 1.82) is 0 Å². The number of hydrogen-bond acceptors (Lipinski definition) is 5. The zero-order valence-corrected chi connectivity index (χ0v) is 12.5. The van der Waals surface area contributed by atoms with Crippen molar-refractivity contribution in [2.24, 2.45) is 0 Å². The Morgan fingerprint density at radius 1 is 1.23 bits per heavy atom. The number of ether oxygens (including phenoxy) is 1. The number of aromatic nitrogens is 1. The van der Waals surface area contributed by atoms with Crippen molar-refractivity contribution in [2.45, 2.75) is 12.8 Å². The van der Waals surface area contributed by atoms with Crippen LogP contribution in [0.4, 0.5) is 5.69 Å². The second-order valence-corrected chi connectivity index (χ2v) is 4.92. The number of pyridine rings is 1. The molecule has 0 fully saturated rings. The fourth-order valence-electron chi connectivity index (χ4n) is 1.94. The molecule has 22 heavy (non-hydrogen) atoms. The van der Waals surface area contributed by atoms with Crippen LogP contribution in [0.15, 0.2) is 36.4 Å². The van der Waals surface area contributed by atoms with Crippen LogP contribution in [0.25, 0.3) is 0 Å². The van der Waals surface area contributed by atoms with Crippen LogP contribution in [0.5, 0.6) is 0 Å². The Morgan fingerprint density at radius 2 is 1.91 bits per heavy atom. The van der Waals surface area contributed by atoms with Crippen molar-refractivity contribution < 1.29 is 14.5 Å². The lowest BCUT2D eigenvalue weighted by atomic mass is 10.1. The van der Waals surface area contributed by atoms with Gasteiger partial charge in [-0.2, -0.15) is 0 Å². The third kappa shape index (κ3) is 3.79. The smallest absolute Gasteiger partial charge is 0.337 e. The third-order valence-electron chi connectivity index (χ3n) is 3.13. The predicted octanol–water partition coefficient (Wildman–Crippen LogP) is 3.22. The van der Waals surface area contributed by atoms with E-state index in [2.05, 4.69) is 9.72 Å². The summed E-state index contributed by atoms with van der Waals surface area (Å²) in [5.74, 6) is -0.379. The normalized spacial score (nSPS) is 10.3. The van der Waals surface area contributed by atoms with Crippen LogP contribution in [0, 0.1) is 10.1 Å². The average molecular weight is 321 g/mol. The quantitative estimate of drug-likeness (QED) is 0.365. The maximum atomic E-state index is 11.3. The molecule has 0 spiro atoms. The van der Waals surface area contributed by atoms with E-state index in [-0.39, 0.29) is 16.8 Å². The molecule has 2 rings (SSSR count). The monoisotopic (exact) mass is 320 g/mol. The van der Waals surface area contributed by atoms with E-state index in [1.165, 1.54) is 13.2 Å². The highest BCUT2D eigenvalue weighted by Crippen LogP contribution is 2.22. The van der Waals surface area contributed by atoms with Crippen molar-refractivity contribution in [2.75, 3.05) is 7.11 Å². The number of hydrogen-bond donors (Lipinski definition) is 0. The van der Waals surface area contributed by atoms with Gasteiger partial charge < -0.3 is 4.74 Å². The molecular formula is C15H13ClN2O4. The average Bonchev–Trinajstić information content (AvgIpc) is 2.52. The molecule has 6 nitrogen and oxygen atoms in total. The number of nitro groups is 1. The van der Waals surface area contributed by atoms with Gasteiger partial charge in [0.1, 0.15) is 0 Å². The molecule has 114 valence electrons. The summed E-state index contributed by atoms with van der Waals surface area (Å²) < 4.78 is 4.63. The first-order chi connectivity index (χ1) is 10.5. The Kier molecular flexibility index (Phi) is 5.06. The molecule has 0 saturated heterocycles. The number of nitrogens with zero attached hydrogens (tertiary/aromatic N) is 2. The van der Waals surface area contributed by atoms with Crippen molar-refractivity contribution in [3.8, 4) is 0 Å². The zero-order valence-electron chi connectivity index (χ0n) is 11.8. The molecule has 0 N–H and O–H groups in total. The lowest BCUT2D eigenvalue weighted by molar-refractivity contribution is -0.385. The number of halogens is 1. The minimum absolute atomic E-state index is 0.108. The number of benzene rings is 1. The minimum atomic E-state index is -0.565. The van der Waals surface area contributed by atoms with Crippen LogP contribution in [-0.4, -0.2) is 23.0 Å². The lowest BCUT2D eigenvalue weighted by Gasteiger charge is -2.04. The Balaban J connectivity index is 2.02. The highest BCUT2D eigenvalue weighted by Gasteiger charge is 2.13. The molecule has 0 saturated carbocycles. The Morgan fingerprint density at radius 3 is 2.45 bits per heavy atom. The summed E-state index contributed by atoms with van der Waals surface area (Å²) >= 11 is 5.77. The number of rotatable bonds is 5. The molecule has 0 radical (unpaired) electrons. The molecule has 0 aliphatic rings. The minimum Gasteiger partial charge on any atom is -0.465 e. The fraction of sp³-hybridized carbons (Fsp3) is 0.200. The van der Waals surface area contributed by atoms with Gasteiger partial charge in [-0.05, 0) is 36.6 Å². The van der Waals surface area contributed by atoms with Gasteiger partial charge in [0, 0.05) is 11.8 Å². The summed E-state index contributed by atoms with van der Waals surface area (Å²) in [5, 5.41) is 10.6. The van der Waals surface area contributed by atoms with E-state index in [9.17, 15) is 14.9 Å². The molecule has 1 aromatic heterocycles. The standard InChI is InChI=1S/C15H13ClN2O4/c1-22-15(19)11-5-2-10(3-6-11)4-7-12-8-9-13(18(20)21)14(16)17-12/h2-3,5-6,8-9H,4,7H2,1H3. The van der Waals surface area contributed by atoms with E-state index >= 15 is 0 Å². The number of methoxy groups -OCH3 is 1. The van der Waals surface area contributed by atoms with Crippen LogP contribution in [0.2, 0.25) is 5.15 Å². The molecule has 7 heteroatoms. The molecule has 0 unspecified atom stereocenters. The van der Waals surface area contributed by atoms with Crippen molar-refractivity contribution in [1.82, 2.24) is 4.98 Å². The fourth-order valence-corrected chi connectivity index (χ4v) is 2.18. The van der Waals surface area contributed by atoms with Gasteiger partial charge in [0.15, 0.2) is 0 Å². The molecule has 0 aliphatic heterocycles. The Hall–Kier alpha value is -2.47. The first-order valence-corrected chi connectivity index (χ1v) is 6.86. The maximum Gasteiger partial charge on any atom is 0.337 e. The highest BCUT2D eigenvalue weighted by molar-refractivity contribution is 6.31. The topological polar surface area (TPSA) is 82.3 Å². The Labute approximate surface area is 131 Å². The third-order valence-corrected chi connectivity index (χ3v) is 3.41. The molecule has 2 aromatic rings. The summed E-state index contributed by atoms with van der Waals surface area (Å²) in [6.07, 6.45) is 1.28. The molecular weight excluding hydrogens is 308 g/mol. The van der Waals surface area contributed by atoms with Gasteiger partial charge in [-0.25, -0.2) is 9.78 Å². The van der Waals surface area contributed by atoms with Gasteiger partial charge in [0.05, 0.1) is 17.6 Å². The second kappa shape index (κ2) is 7.00. The number of carbonyl (C=O) groups excluding carboxylic acids is 1. The van der Waals surface area contributed by atoms with E-state index in [4.69, 9.17) is 11.6 Å². The summed E-state index contributed by atoms with van der Waals surface area (Å²) in [4.78, 5) is 25.4. The van der Waals surface area contributed by atoms with Crippen LogP contribution in [0.3, 0.4) is 0 Å². The van der Waals surface area contributed by atoms with E-state index in [1.54, 1.807) is 18.2 Å². The molecule has 0 amide bonds. The van der Waals surface area contributed by atoms with E-state index < -0.39 is 4.92 Å². The summed E-state index contributed by atoms with van der Waals surface area (Å²) in [6, 6.07) is 9.99. The summed E-state index contributed by atoms with van der Waals surface area (Å²) in [6.45, 7) is 0. The maximum absolute atomic E-state index is 11.3. The van der Waals surface area contributed by atoms with Gasteiger partial charge in [-0.3, -0.25) is 10.1 Å². The highest BCUT2D eigenvalue weighted by atomic mass is 35.5. The predicted molar refractivity (Wildman–Crippen MR) is 81.1 cm³/mol. The molecule has 1 aromatic carbocycles. The van der Waals surface area contributed by atoms with Crippen LogP contribution in [0.1, 0.15) is 21.6 Å². The molecule has 0 aliphatic carbocycles. The first kappa shape index (κ1) is 15.9. The van der Waals surface area contributed by atoms with Gasteiger partial charge in [0.2, 0.25) is 5.15 Å². The molecule has 0 bridgehead atoms. The summed E-state index contributed by atoms with van der Waals surface area (Å²) in [5.41, 5.74) is 1.98. The Bertz CT molecular complexity index is 701. The first-order valence-electron chi connectivity index (χ1n) is 6.48. The number of esters is 1. The molecule has 0 atom stereocenters. The molecule has 1 heterocycles. The van der Waals surface area contributed by atoms with Gasteiger partial charge in [-0.1, -0.05) is 23.7 Å². The van der Waals surface area contributed by atoms with Gasteiger partial charge >= 0.3 is 11.7 Å². The SMILES string of the molecule is COC(=O)c1ccc(CCc2ccc([N+](=O)[O-])c(Cl)n2)cc1. The van der Waals surface area contributed by atoms with Gasteiger partial charge in [-0.15, -0.1) is 0 Å². The number of carbonyl (C=O) groups is 1. The van der Waals surface area contributed by atoms with Crippen molar-refractivity contribution in [3.63, 3.8) is 0 Å². The van der Waals surface area contributed by atoms with Gasteiger partial charge in [0.25, 0.3) is 0 Å².